The van der Waals surface area contributed by atoms with Crippen molar-refractivity contribution < 1.29 is 28.7 Å². The average molecular weight is 417 g/mol. The maximum absolute atomic E-state index is 11.8. The number of carbonyl (C=O) groups excluding carboxylic acids is 4. The van der Waals surface area contributed by atoms with E-state index in [2.05, 4.69) is 16.0 Å². The molecule has 1 fully saturated rings. The lowest BCUT2D eigenvalue weighted by atomic mass is 10.2. The summed E-state index contributed by atoms with van der Waals surface area (Å²) in [7, 11) is 1.57. The third-order valence-electron chi connectivity index (χ3n) is 4.48. The van der Waals surface area contributed by atoms with Crippen LogP contribution in [-0.2, 0) is 19.1 Å². The van der Waals surface area contributed by atoms with Crippen molar-refractivity contribution in [2.75, 3.05) is 20.3 Å². The SMILES string of the molecule is COc1ccc(/C=C/C(=O)NCCC(=O)OCC(=O)NC(=O)NC2CCCC2)cc1. The van der Waals surface area contributed by atoms with Gasteiger partial charge in [-0.1, -0.05) is 25.0 Å². The van der Waals surface area contributed by atoms with Gasteiger partial charge in [0.25, 0.3) is 5.91 Å². The number of rotatable bonds is 9. The molecule has 30 heavy (non-hydrogen) atoms. The number of esters is 1. The fraction of sp³-hybridized carbons (Fsp3) is 0.429. The molecule has 0 spiro atoms. The molecule has 1 aliphatic rings. The van der Waals surface area contributed by atoms with Gasteiger partial charge in [0.15, 0.2) is 6.61 Å². The molecule has 0 heterocycles. The van der Waals surface area contributed by atoms with Crippen LogP contribution in [0.1, 0.15) is 37.7 Å². The molecule has 9 heteroatoms. The minimum absolute atomic E-state index is 0.0639. The Morgan fingerprint density at radius 2 is 1.80 bits per heavy atom. The first-order valence-electron chi connectivity index (χ1n) is 9.82. The Hall–Kier alpha value is -3.36. The summed E-state index contributed by atoms with van der Waals surface area (Å²) in [5.74, 6) is -0.996. The van der Waals surface area contributed by atoms with E-state index >= 15 is 0 Å². The molecule has 162 valence electrons. The molecule has 9 nitrogen and oxygen atoms in total. The van der Waals surface area contributed by atoms with Gasteiger partial charge in [-0.3, -0.25) is 19.7 Å². The van der Waals surface area contributed by atoms with Crippen LogP contribution in [0.5, 0.6) is 5.75 Å². The van der Waals surface area contributed by atoms with Gasteiger partial charge in [-0.25, -0.2) is 4.79 Å². The lowest BCUT2D eigenvalue weighted by molar-refractivity contribution is -0.148. The number of ether oxygens (including phenoxy) is 2. The molecule has 2 rings (SSSR count). The average Bonchev–Trinajstić information content (AvgIpc) is 3.24. The van der Waals surface area contributed by atoms with Crippen LogP contribution in [0.15, 0.2) is 30.3 Å². The fourth-order valence-corrected chi connectivity index (χ4v) is 2.91. The van der Waals surface area contributed by atoms with E-state index in [1.165, 1.54) is 6.08 Å². The third kappa shape index (κ3) is 8.76. The number of carbonyl (C=O) groups is 4. The summed E-state index contributed by atoms with van der Waals surface area (Å²) in [6.45, 7) is -0.489. The number of methoxy groups -OCH3 is 1. The quantitative estimate of drug-likeness (QED) is 0.414. The van der Waals surface area contributed by atoms with Crippen LogP contribution in [0.2, 0.25) is 0 Å². The molecule has 0 atom stereocenters. The summed E-state index contributed by atoms with van der Waals surface area (Å²) in [4.78, 5) is 46.7. The smallest absolute Gasteiger partial charge is 0.321 e. The summed E-state index contributed by atoms with van der Waals surface area (Å²) in [5.41, 5.74) is 0.827. The van der Waals surface area contributed by atoms with Crippen LogP contribution in [0.4, 0.5) is 4.79 Å². The predicted molar refractivity (Wildman–Crippen MR) is 110 cm³/mol. The number of benzene rings is 1. The normalized spacial score (nSPS) is 13.6. The topological polar surface area (TPSA) is 123 Å². The van der Waals surface area contributed by atoms with E-state index in [0.717, 1.165) is 37.0 Å². The van der Waals surface area contributed by atoms with Gasteiger partial charge in [-0.15, -0.1) is 0 Å². The Morgan fingerprint density at radius 1 is 1.10 bits per heavy atom. The molecule has 1 aromatic rings. The second-order valence-corrected chi connectivity index (χ2v) is 6.81. The molecule has 1 aliphatic carbocycles. The number of nitrogens with one attached hydrogen (secondary N) is 3. The van der Waals surface area contributed by atoms with Crippen LogP contribution in [0.3, 0.4) is 0 Å². The zero-order valence-corrected chi connectivity index (χ0v) is 16.9. The van der Waals surface area contributed by atoms with Gasteiger partial charge in [0.05, 0.1) is 13.5 Å². The first-order chi connectivity index (χ1) is 14.5. The standard InChI is InChI=1S/C21H27N3O6/c1-29-17-9-6-15(7-10-17)8-11-18(25)22-13-12-20(27)30-14-19(26)24-21(28)23-16-4-2-3-5-16/h6-11,16H,2-5,12-14H2,1H3,(H,22,25)(H2,23,24,26,28)/b11-8+. The van der Waals surface area contributed by atoms with Crippen LogP contribution in [0, 0.1) is 0 Å². The minimum Gasteiger partial charge on any atom is -0.497 e. The summed E-state index contributed by atoms with van der Waals surface area (Å²) in [6, 6.07) is 6.67. The molecule has 0 saturated heterocycles. The highest BCUT2D eigenvalue weighted by molar-refractivity contribution is 5.95. The molecule has 4 amide bonds. The molecule has 3 N–H and O–H groups in total. The highest BCUT2D eigenvalue weighted by Gasteiger charge is 2.18. The Balaban J connectivity index is 1.57. The lowest BCUT2D eigenvalue weighted by Gasteiger charge is -2.12. The van der Waals surface area contributed by atoms with Crippen molar-refractivity contribution in [3.63, 3.8) is 0 Å². The van der Waals surface area contributed by atoms with Crippen LogP contribution < -0.4 is 20.7 Å². The first-order valence-corrected chi connectivity index (χ1v) is 9.82. The van der Waals surface area contributed by atoms with Crippen molar-refractivity contribution in [2.45, 2.75) is 38.1 Å². The molecule has 0 aliphatic heterocycles. The Labute approximate surface area is 175 Å². The van der Waals surface area contributed by atoms with Crippen LogP contribution in [0.25, 0.3) is 6.08 Å². The van der Waals surface area contributed by atoms with Crippen LogP contribution >= 0.6 is 0 Å². The molecular formula is C21H27N3O6. The number of urea groups is 1. The van der Waals surface area contributed by atoms with E-state index in [1.807, 2.05) is 0 Å². The summed E-state index contributed by atoms with van der Waals surface area (Å²) < 4.78 is 9.85. The van der Waals surface area contributed by atoms with Crippen molar-refractivity contribution in [3.05, 3.63) is 35.9 Å². The first kappa shape index (κ1) is 22.9. The van der Waals surface area contributed by atoms with Crippen molar-refractivity contribution in [2.24, 2.45) is 0 Å². The van der Waals surface area contributed by atoms with Gasteiger partial charge in [0, 0.05) is 18.7 Å². The van der Waals surface area contributed by atoms with E-state index in [0.29, 0.717) is 0 Å². The summed E-state index contributed by atoms with van der Waals surface area (Å²) in [6.07, 6.45) is 6.81. The molecule has 1 saturated carbocycles. The van der Waals surface area contributed by atoms with Crippen molar-refractivity contribution in [3.8, 4) is 5.75 Å². The predicted octanol–water partition coefficient (Wildman–Crippen LogP) is 1.53. The monoisotopic (exact) mass is 417 g/mol. The number of hydrogen-bond acceptors (Lipinski definition) is 6. The molecule has 0 bridgehead atoms. The van der Waals surface area contributed by atoms with Crippen LogP contribution in [-0.4, -0.2) is 50.1 Å². The van der Waals surface area contributed by atoms with E-state index in [9.17, 15) is 19.2 Å². The minimum atomic E-state index is -0.703. The number of imide groups is 1. The second-order valence-electron chi connectivity index (χ2n) is 6.81. The summed E-state index contributed by atoms with van der Waals surface area (Å²) >= 11 is 0. The Morgan fingerprint density at radius 3 is 2.47 bits per heavy atom. The molecule has 0 unspecified atom stereocenters. The largest absolute Gasteiger partial charge is 0.497 e. The van der Waals surface area contributed by atoms with Crippen molar-refractivity contribution in [1.29, 1.82) is 0 Å². The zero-order chi connectivity index (χ0) is 21.8. The fourth-order valence-electron chi connectivity index (χ4n) is 2.91. The lowest BCUT2D eigenvalue weighted by Crippen LogP contribution is -2.45. The Kier molecular flexibility index (Phi) is 9.36. The van der Waals surface area contributed by atoms with Gasteiger partial charge >= 0.3 is 12.0 Å². The van der Waals surface area contributed by atoms with E-state index in [1.54, 1.807) is 37.5 Å². The Bertz CT molecular complexity index is 769. The second kappa shape index (κ2) is 12.3. The molecule has 0 radical (unpaired) electrons. The zero-order valence-electron chi connectivity index (χ0n) is 16.9. The van der Waals surface area contributed by atoms with Gasteiger partial charge in [-0.05, 0) is 36.6 Å². The third-order valence-corrected chi connectivity index (χ3v) is 4.48. The van der Waals surface area contributed by atoms with E-state index in [4.69, 9.17) is 9.47 Å². The van der Waals surface area contributed by atoms with Crippen molar-refractivity contribution >= 4 is 29.9 Å². The summed E-state index contributed by atoms with van der Waals surface area (Å²) in [5, 5.41) is 7.38. The highest BCUT2D eigenvalue weighted by atomic mass is 16.5. The maximum atomic E-state index is 11.8. The van der Waals surface area contributed by atoms with Gasteiger partial charge in [0.1, 0.15) is 5.75 Å². The van der Waals surface area contributed by atoms with E-state index < -0.39 is 24.5 Å². The van der Waals surface area contributed by atoms with Gasteiger partial charge in [0.2, 0.25) is 5.91 Å². The maximum Gasteiger partial charge on any atom is 0.321 e. The molecule has 0 aromatic heterocycles. The number of hydrogen-bond donors (Lipinski definition) is 3. The van der Waals surface area contributed by atoms with E-state index in [-0.39, 0.29) is 24.9 Å². The number of amides is 4. The highest BCUT2D eigenvalue weighted by Crippen LogP contribution is 2.17. The van der Waals surface area contributed by atoms with Gasteiger partial charge < -0.3 is 20.1 Å². The molecular weight excluding hydrogens is 390 g/mol. The van der Waals surface area contributed by atoms with Gasteiger partial charge in [-0.2, -0.15) is 0 Å². The molecule has 1 aromatic carbocycles. The van der Waals surface area contributed by atoms with Crippen molar-refractivity contribution in [1.82, 2.24) is 16.0 Å².